The molecule has 0 spiro atoms. The summed E-state index contributed by atoms with van der Waals surface area (Å²) in [6.07, 6.45) is 1.69. The molecule has 0 aliphatic heterocycles. The van der Waals surface area contributed by atoms with Crippen molar-refractivity contribution in [1.29, 1.82) is 0 Å². The Morgan fingerprint density at radius 2 is 2.57 bits per heavy atom. The van der Waals surface area contributed by atoms with E-state index in [4.69, 9.17) is 0 Å². The predicted octanol–water partition coefficient (Wildman–Crippen LogP) is 1.05. The SMILES string of the molecule is C=C=C=CNCC. The monoisotopic (exact) mass is 95.1 g/mol. The van der Waals surface area contributed by atoms with Gasteiger partial charge in [0, 0.05) is 12.7 Å². The lowest BCUT2D eigenvalue weighted by Crippen LogP contribution is -1.99. The molecule has 0 fully saturated rings. The Hall–Kier alpha value is -0.900. The first-order chi connectivity index (χ1) is 3.41. The highest BCUT2D eigenvalue weighted by atomic mass is 14.8. The molecule has 0 atom stereocenters. The molecule has 0 aliphatic rings. The Kier molecular flexibility index (Phi) is 4.44. The normalized spacial score (nSPS) is 5.86. The van der Waals surface area contributed by atoms with Gasteiger partial charge in [-0.05, 0) is 13.5 Å². The Morgan fingerprint density at radius 1 is 1.86 bits per heavy atom. The van der Waals surface area contributed by atoms with E-state index in [2.05, 4.69) is 23.4 Å². The molecule has 7 heavy (non-hydrogen) atoms. The van der Waals surface area contributed by atoms with E-state index in [1.165, 1.54) is 0 Å². The van der Waals surface area contributed by atoms with E-state index >= 15 is 0 Å². The molecule has 0 saturated heterocycles. The summed E-state index contributed by atoms with van der Waals surface area (Å²) >= 11 is 0. The summed E-state index contributed by atoms with van der Waals surface area (Å²) in [5, 5.41) is 2.91. The van der Waals surface area contributed by atoms with Crippen molar-refractivity contribution in [2.75, 3.05) is 6.54 Å². The van der Waals surface area contributed by atoms with Crippen molar-refractivity contribution < 1.29 is 0 Å². The molecule has 0 aromatic rings. The molecule has 0 saturated carbocycles. The van der Waals surface area contributed by atoms with Crippen LogP contribution in [0.2, 0.25) is 0 Å². The molecule has 0 unspecified atom stereocenters. The van der Waals surface area contributed by atoms with Crippen LogP contribution in [0, 0.1) is 0 Å². The Bertz CT molecular complexity index is 103. The zero-order valence-electron chi connectivity index (χ0n) is 4.49. The fourth-order valence-electron chi connectivity index (χ4n) is 0.204. The summed E-state index contributed by atoms with van der Waals surface area (Å²) in [6, 6.07) is 0. The minimum atomic E-state index is 0.925. The number of hydrogen-bond donors (Lipinski definition) is 1. The highest BCUT2D eigenvalue weighted by Gasteiger charge is 1.57. The van der Waals surface area contributed by atoms with Crippen LogP contribution >= 0.6 is 0 Å². The van der Waals surface area contributed by atoms with Gasteiger partial charge in [-0.2, -0.15) is 0 Å². The van der Waals surface area contributed by atoms with Crippen molar-refractivity contribution in [3.63, 3.8) is 0 Å². The quantitative estimate of drug-likeness (QED) is 0.505. The van der Waals surface area contributed by atoms with E-state index in [0.717, 1.165) is 6.54 Å². The maximum atomic E-state index is 3.33. The average molecular weight is 95.1 g/mol. The van der Waals surface area contributed by atoms with Gasteiger partial charge in [0.1, 0.15) is 0 Å². The van der Waals surface area contributed by atoms with Gasteiger partial charge < -0.3 is 5.32 Å². The summed E-state index contributed by atoms with van der Waals surface area (Å²) in [5.74, 6) is 0. The molecule has 0 rings (SSSR count). The van der Waals surface area contributed by atoms with Gasteiger partial charge in [-0.3, -0.25) is 0 Å². The lowest BCUT2D eigenvalue weighted by Gasteiger charge is -1.82. The van der Waals surface area contributed by atoms with Crippen molar-refractivity contribution in [2.45, 2.75) is 6.92 Å². The topological polar surface area (TPSA) is 12.0 Å². The minimum absolute atomic E-state index is 0.925. The van der Waals surface area contributed by atoms with Crippen LogP contribution in [-0.4, -0.2) is 6.54 Å². The van der Waals surface area contributed by atoms with Crippen LogP contribution in [0.1, 0.15) is 6.92 Å². The maximum absolute atomic E-state index is 3.33. The smallest absolute Gasteiger partial charge is 0.0482 e. The fourth-order valence-corrected chi connectivity index (χ4v) is 0.204. The minimum Gasteiger partial charge on any atom is -0.384 e. The van der Waals surface area contributed by atoms with E-state index < -0.39 is 0 Å². The standard InChI is InChI=1S/C6H9N/c1-3-5-6-7-4-2/h6-7H,1,4H2,2H3. The van der Waals surface area contributed by atoms with Gasteiger partial charge in [0.15, 0.2) is 0 Å². The maximum Gasteiger partial charge on any atom is 0.0482 e. The highest BCUT2D eigenvalue weighted by molar-refractivity contribution is 4.77. The summed E-state index contributed by atoms with van der Waals surface area (Å²) in [7, 11) is 0. The van der Waals surface area contributed by atoms with Gasteiger partial charge in [-0.15, -0.1) is 0 Å². The van der Waals surface area contributed by atoms with Crippen LogP contribution in [0.5, 0.6) is 0 Å². The van der Waals surface area contributed by atoms with Crippen molar-refractivity contribution in [3.8, 4) is 0 Å². The van der Waals surface area contributed by atoms with E-state index in [1.807, 2.05) is 6.92 Å². The molecular weight excluding hydrogens is 86.1 g/mol. The van der Waals surface area contributed by atoms with Crippen LogP contribution in [0.3, 0.4) is 0 Å². The third kappa shape index (κ3) is 5.10. The summed E-state index contributed by atoms with van der Waals surface area (Å²) in [6.45, 7) is 6.27. The molecule has 0 radical (unpaired) electrons. The van der Waals surface area contributed by atoms with Crippen molar-refractivity contribution in [1.82, 2.24) is 5.32 Å². The van der Waals surface area contributed by atoms with Crippen LogP contribution in [0.25, 0.3) is 0 Å². The van der Waals surface area contributed by atoms with Crippen LogP contribution in [0.15, 0.2) is 24.2 Å². The van der Waals surface area contributed by atoms with Gasteiger partial charge in [0.2, 0.25) is 0 Å². The molecule has 1 nitrogen and oxygen atoms in total. The predicted molar refractivity (Wildman–Crippen MR) is 30.9 cm³/mol. The average Bonchev–Trinajstić information content (AvgIpc) is 1.69. The van der Waals surface area contributed by atoms with Crippen molar-refractivity contribution in [2.24, 2.45) is 0 Å². The van der Waals surface area contributed by atoms with Crippen LogP contribution in [0.4, 0.5) is 0 Å². The molecular formula is C6H9N. The molecule has 1 N–H and O–H groups in total. The van der Waals surface area contributed by atoms with E-state index in [0.29, 0.717) is 0 Å². The first kappa shape index (κ1) is 6.10. The van der Waals surface area contributed by atoms with E-state index in [1.54, 1.807) is 6.20 Å². The first-order valence-corrected chi connectivity index (χ1v) is 2.24. The van der Waals surface area contributed by atoms with Gasteiger partial charge in [-0.1, -0.05) is 11.5 Å². The second-order valence-corrected chi connectivity index (χ2v) is 1.02. The fraction of sp³-hybridized carbons (Fsp3) is 0.333. The number of nitrogens with one attached hydrogen (secondary N) is 1. The lowest BCUT2D eigenvalue weighted by molar-refractivity contribution is 0.921. The zero-order chi connectivity index (χ0) is 5.54. The molecule has 0 aliphatic carbocycles. The molecule has 0 aromatic carbocycles. The van der Waals surface area contributed by atoms with Crippen molar-refractivity contribution in [3.05, 3.63) is 24.2 Å². The lowest BCUT2D eigenvalue weighted by atomic mass is 10.7. The first-order valence-electron chi connectivity index (χ1n) is 2.24. The van der Waals surface area contributed by atoms with Crippen molar-refractivity contribution >= 4 is 0 Å². The van der Waals surface area contributed by atoms with Gasteiger partial charge in [0.05, 0.1) is 0 Å². The molecule has 0 heterocycles. The van der Waals surface area contributed by atoms with Crippen LogP contribution < -0.4 is 5.32 Å². The molecule has 38 valence electrons. The summed E-state index contributed by atoms with van der Waals surface area (Å²) < 4.78 is 0. The number of rotatable bonds is 2. The van der Waals surface area contributed by atoms with Gasteiger partial charge in [-0.25, -0.2) is 0 Å². The summed E-state index contributed by atoms with van der Waals surface area (Å²) in [5.41, 5.74) is 5.14. The third-order valence-corrected chi connectivity index (χ3v) is 0.480. The van der Waals surface area contributed by atoms with Gasteiger partial charge >= 0.3 is 0 Å². The van der Waals surface area contributed by atoms with E-state index in [9.17, 15) is 0 Å². The highest BCUT2D eigenvalue weighted by Crippen LogP contribution is 1.53. The molecule has 0 bridgehead atoms. The zero-order valence-corrected chi connectivity index (χ0v) is 4.49. The molecule has 0 amide bonds. The largest absolute Gasteiger partial charge is 0.384 e. The molecule has 1 heteroatoms. The number of hydrogen-bond acceptors (Lipinski definition) is 1. The Balaban J connectivity index is 3.28. The summed E-state index contributed by atoms with van der Waals surface area (Å²) in [4.78, 5) is 0. The van der Waals surface area contributed by atoms with Gasteiger partial charge in [0.25, 0.3) is 0 Å². The van der Waals surface area contributed by atoms with Crippen LogP contribution in [-0.2, 0) is 0 Å². The third-order valence-electron chi connectivity index (χ3n) is 0.480. The second-order valence-electron chi connectivity index (χ2n) is 1.02. The molecule has 0 aromatic heterocycles. The second kappa shape index (κ2) is 5.10. The van der Waals surface area contributed by atoms with E-state index in [-0.39, 0.29) is 0 Å². The Labute approximate surface area is 44.0 Å². The Morgan fingerprint density at radius 3 is 3.00 bits per heavy atom.